The highest BCUT2D eigenvalue weighted by atomic mass is 32.1. The number of anilines is 1. The molecule has 1 aromatic heterocycles. The smallest absolute Gasteiger partial charge is 0.0497 e. The maximum atomic E-state index is 5.11. The first-order chi connectivity index (χ1) is 18.5. The van der Waals surface area contributed by atoms with Gasteiger partial charge in [-0.2, -0.15) is 12.6 Å². The standard InChI is InChI=1S/C30H35N3S.C3H9N/c1-2-31-26-12-6-10-24(20-26)22-14-17-33(18-15-22)19-16-28-27-13-7-11-25(21-34)30(27)32-29(28)23-8-4-3-5-9-23;1-3(2)4/h2-6,8-10,12-13,20,22,31-32,34H,1,7,11,14-19,21H2;3H,4H2,1-2H3. The normalized spacial score (nSPS) is 15.9. The van der Waals surface area contributed by atoms with Crippen LogP contribution in [0.5, 0.6) is 0 Å². The van der Waals surface area contributed by atoms with E-state index >= 15 is 0 Å². The lowest BCUT2D eigenvalue weighted by molar-refractivity contribution is 0.214. The van der Waals surface area contributed by atoms with Gasteiger partial charge in [-0.1, -0.05) is 69.0 Å². The molecule has 1 aliphatic heterocycles. The van der Waals surface area contributed by atoms with E-state index in [1.165, 1.54) is 51.4 Å². The van der Waals surface area contributed by atoms with Crippen LogP contribution in [0.4, 0.5) is 5.69 Å². The third-order valence-electron chi connectivity index (χ3n) is 7.44. The molecule has 1 saturated heterocycles. The summed E-state index contributed by atoms with van der Waals surface area (Å²) in [6, 6.07) is 20.0. The minimum absolute atomic E-state index is 0.333. The van der Waals surface area contributed by atoms with Gasteiger partial charge in [-0.25, -0.2) is 0 Å². The van der Waals surface area contributed by atoms with E-state index in [-0.39, 0.29) is 0 Å². The third-order valence-corrected chi connectivity index (χ3v) is 7.82. The van der Waals surface area contributed by atoms with Gasteiger partial charge in [-0.15, -0.1) is 0 Å². The molecule has 2 aliphatic rings. The van der Waals surface area contributed by atoms with E-state index in [4.69, 9.17) is 5.73 Å². The van der Waals surface area contributed by atoms with E-state index in [1.54, 1.807) is 6.20 Å². The Bertz CT molecular complexity index is 1300. The molecule has 5 rings (SSSR count). The van der Waals surface area contributed by atoms with Gasteiger partial charge < -0.3 is 20.9 Å². The molecule has 4 N–H and O–H groups in total. The van der Waals surface area contributed by atoms with E-state index in [0.29, 0.717) is 12.0 Å². The monoisotopic (exact) mass is 528 g/mol. The number of piperidine rings is 1. The third kappa shape index (κ3) is 7.22. The number of fused-ring (bicyclic) bond motifs is 1. The molecule has 5 heteroatoms. The SMILES string of the molecule is C=CNc1cccc(C2CCN(CCc3c(-c4ccccc4)[nH]c4c3=CCCC=4CS)CC2)c1.CC(C)N. The number of aromatic amines is 1. The lowest BCUT2D eigenvalue weighted by Gasteiger charge is -2.32. The second kappa shape index (κ2) is 13.9. The molecule has 2 aromatic carbocycles. The molecular weight excluding hydrogens is 484 g/mol. The molecular formula is C33H44N4S. The second-order valence-electron chi connectivity index (χ2n) is 10.7. The average molecular weight is 529 g/mol. The summed E-state index contributed by atoms with van der Waals surface area (Å²) in [5, 5.41) is 5.97. The van der Waals surface area contributed by atoms with Crippen molar-refractivity contribution in [3.63, 3.8) is 0 Å². The van der Waals surface area contributed by atoms with E-state index in [2.05, 4.69) is 95.1 Å². The van der Waals surface area contributed by atoms with Crippen LogP contribution < -0.4 is 21.6 Å². The van der Waals surface area contributed by atoms with Gasteiger partial charge in [0.1, 0.15) is 0 Å². The van der Waals surface area contributed by atoms with Crippen LogP contribution in [0.2, 0.25) is 0 Å². The number of nitrogens with one attached hydrogen (secondary N) is 2. The lowest BCUT2D eigenvalue weighted by Crippen LogP contribution is -2.36. The van der Waals surface area contributed by atoms with Crippen molar-refractivity contribution in [2.24, 2.45) is 5.73 Å². The molecule has 38 heavy (non-hydrogen) atoms. The summed E-state index contributed by atoms with van der Waals surface area (Å²) in [5.41, 5.74) is 13.2. The van der Waals surface area contributed by atoms with Crippen molar-refractivity contribution in [2.75, 3.05) is 30.7 Å². The Kier molecular flexibility index (Phi) is 10.3. The maximum absolute atomic E-state index is 5.11. The van der Waals surface area contributed by atoms with Gasteiger partial charge in [0.15, 0.2) is 0 Å². The van der Waals surface area contributed by atoms with Crippen molar-refractivity contribution in [2.45, 2.75) is 57.9 Å². The summed E-state index contributed by atoms with van der Waals surface area (Å²) in [6.45, 7) is 11.1. The average Bonchev–Trinajstić information content (AvgIpc) is 3.31. The number of hydrogen-bond donors (Lipinski definition) is 4. The van der Waals surface area contributed by atoms with Crippen LogP contribution in [0.1, 0.15) is 56.6 Å². The number of hydrogen-bond acceptors (Lipinski definition) is 4. The van der Waals surface area contributed by atoms with Crippen molar-refractivity contribution in [1.82, 2.24) is 9.88 Å². The maximum Gasteiger partial charge on any atom is 0.0497 e. The molecule has 202 valence electrons. The first-order valence-corrected chi connectivity index (χ1v) is 14.7. The molecule has 0 amide bonds. The van der Waals surface area contributed by atoms with Crippen molar-refractivity contribution in [1.29, 1.82) is 0 Å². The fourth-order valence-electron chi connectivity index (χ4n) is 5.60. The van der Waals surface area contributed by atoms with Crippen molar-refractivity contribution < 1.29 is 0 Å². The summed E-state index contributed by atoms with van der Waals surface area (Å²) in [6.07, 6.45) is 9.94. The molecule has 0 saturated carbocycles. The predicted molar refractivity (Wildman–Crippen MR) is 168 cm³/mol. The van der Waals surface area contributed by atoms with Crippen molar-refractivity contribution >= 4 is 30.0 Å². The highest BCUT2D eigenvalue weighted by molar-refractivity contribution is 7.80. The molecule has 0 spiro atoms. The van der Waals surface area contributed by atoms with E-state index in [1.807, 2.05) is 13.8 Å². The number of benzene rings is 2. The number of thiol groups is 1. The van der Waals surface area contributed by atoms with Gasteiger partial charge in [-0.05, 0) is 103 Å². The lowest BCUT2D eigenvalue weighted by atomic mass is 9.89. The van der Waals surface area contributed by atoms with Crippen LogP contribution in [-0.2, 0) is 6.42 Å². The Morgan fingerprint density at radius 2 is 1.87 bits per heavy atom. The summed E-state index contributed by atoms with van der Waals surface area (Å²) in [7, 11) is 0. The minimum Gasteiger partial charge on any atom is -0.362 e. The topological polar surface area (TPSA) is 57.1 Å². The highest BCUT2D eigenvalue weighted by Gasteiger charge is 2.22. The van der Waals surface area contributed by atoms with Crippen LogP contribution in [0.25, 0.3) is 22.9 Å². The van der Waals surface area contributed by atoms with E-state index < -0.39 is 0 Å². The zero-order valence-corrected chi connectivity index (χ0v) is 23.9. The van der Waals surface area contributed by atoms with E-state index in [0.717, 1.165) is 50.3 Å². The Morgan fingerprint density at radius 3 is 2.55 bits per heavy atom. The quantitative estimate of drug-likeness (QED) is 0.285. The van der Waals surface area contributed by atoms with Gasteiger partial charge in [-0.3, -0.25) is 0 Å². The largest absolute Gasteiger partial charge is 0.362 e. The van der Waals surface area contributed by atoms with Gasteiger partial charge >= 0.3 is 0 Å². The molecule has 1 fully saturated rings. The Hall–Kier alpha value is -2.73. The van der Waals surface area contributed by atoms with Crippen molar-refractivity contribution in [3.8, 4) is 11.3 Å². The molecule has 0 atom stereocenters. The van der Waals surface area contributed by atoms with Crippen molar-refractivity contribution in [3.05, 3.63) is 89.1 Å². The number of H-pyrrole nitrogens is 1. The molecule has 4 nitrogen and oxygen atoms in total. The minimum atomic E-state index is 0.333. The summed E-state index contributed by atoms with van der Waals surface area (Å²) >= 11 is 4.62. The first kappa shape index (κ1) is 28.3. The molecule has 0 unspecified atom stereocenters. The molecule has 0 bridgehead atoms. The zero-order valence-electron chi connectivity index (χ0n) is 23.0. The van der Waals surface area contributed by atoms with Gasteiger partial charge in [0.25, 0.3) is 0 Å². The number of nitrogens with two attached hydrogens (primary N) is 1. The van der Waals surface area contributed by atoms with Crippen LogP contribution in [0.15, 0.2) is 67.4 Å². The molecule has 2 heterocycles. The van der Waals surface area contributed by atoms with Gasteiger partial charge in [0.05, 0.1) is 0 Å². The van der Waals surface area contributed by atoms with Crippen LogP contribution in [-0.4, -0.2) is 41.3 Å². The van der Waals surface area contributed by atoms with Gasteiger partial charge in [0.2, 0.25) is 0 Å². The fraction of sp³-hybridized carbons (Fsp3) is 0.394. The van der Waals surface area contributed by atoms with Crippen LogP contribution in [0.3, 0.4) is 0 Å². The van der Waals surface area contributed by atoms with Crippen LogP contribution in [0, 0.1) is 0 Å². The van der Waals surface area contributed by atoms with Gasteiger partial charge in [0, 0.05) is 29.0 Å². The summed E-state index contributed by atoms with van der Waals surface area (Å²) < 4.78 is 0. The van der Waals surface area contributed by atoms with E-state index in [9.17, 15) is 0 Å². The highest BCUT2D eigenvalue weighted by Crippen LogP contribution is 2.30. The zero-order chi connectivity index (χ0) is 26.9. The molecule has 0 radical (unpaired) electrons. The second-order valence-corrected chi connectivity index (χ2v) is 11.0. The molecule has 3 aromatic rings. The Morgan fingerprint density at radius 1 is 1.13 bits per heavy atom. The fourth-order valence-corrected chi connectivity index (χ4v) is 5.92. The molecule has 1 aliphatic carbocycles. The summed E-state index contributed by atoms with van der Waals surface area (Å²) in [5.74, 6) is 1.47. The first-order valence-electron chi connectivity index (χ1n) is 14.0. The number of rotatable bonds is 8. The summed E-state index contributed by atoms with van der Waals surface area (Å²) in [4.78, 5) is 6.46. The Labute approximate surface area is 234 Å². The predicted octanol–water partition coefficient (Wildman–Crippen LogP) is 5.67. The Balaban J connectivity index is 0.000000786. The number of likely N-dealkylation sites (tertiary alicyclic amines) is 1. The number of aromatic nitrogens is 1. The number of nitrogens with zero attached hydrogens (tertiary/aromatic N) is 1. The van der Waals surface area contributed by atoms with Crippen LogP contribution >= 0.6 is 12.6 Å².